The van der Waals surface area contributed by atoms with Crippen LogP contribution < -0.4 is 9.64 Å². The maximum Gasteiger partial charge on any atom is 0.269 e. The molecule has 1 aromatic heterocycles. The number of non-ortho nitro benzene ring substituents is 1. The van der Waals surface area contributed by atoms with Crippen LogP contribution in [-0.4, -0.2) is 47.8 Å². The number of halogens is 1. The fourth-order valence-electron chi connectivity index (χ4n) is 2.53. The molecule has 0 spiro atoms. The van der Waals surface area contributed by atoms with Crippen molar-refractivity contribution in [2.75, 3.05) is 37.8 Å². The largest absolute Gasteiger partial charge is 0.487 e. The molecule has 2 aromatic rings. The lowest BCUT2D eigenvalue weighted by Crippen LogP contribution is -2.37. The topological polar surface area (TPSA) is 90.6 Å². The van der Waals surface area contributed by atoms with Crippen molar-refractivity contribution in [1.82, 2.24) is 9.97 Å². The first-order valence-corrected chi connectivity index (χ1v) is 8.25. The van der Waals surface area contributed by atoms with Gasteiger partial charge in [0.05, 0.1) is 24.7 Å². The highest BCUT2D eigenvalue weighted by Crippen LogP contribution is 2.35. The number of hydrogen-bond acceptors (Lipinski definition) is 7. The van der Waals surface area contributed by atoms with E-state index in [1.807, 2.05) is 11.8 Å². The third-order valence-electron chi connectivity index (χ3n) is 3.74. The maximum absolute atomic E-state index is 10.8. The zero-order chi connectivity index (χ0) is 17.8. The van der Waals surface area contributed by atoms with Crippen LogP contribution in [0.3, 0.4) is 0 Å². The van der Waals surface area contributed by atoms with Crippen molar-refractivity contribution < 1.29 is 14.4 Å². The van der Waals surface area contributed by atoms with E-state index < -0.39 is 4.92 Å². The van der Waals surface area contributed by atoms with E-state index in [0.29, 0.717) is 55.9 Å². The van der Waals surface area contributed by atoms with Crippen molar-refractivity contribution in [1.29, 1.82) is 0 Å². The summed E-state index contributed by atoms with van der Waals surface area (Å²) in [6.45, 7) is 4.85. The SMILES string of the molecule is CCOc1c(Cl)nc(-c2ccc([N+](=O)[O-])cc2)nc1N1CCOCC1. The summed E-state index contributed by atoms with van der Waals surface area (Å²) in [5.41, 5.74) is 0.652. The Morgan fingerprint density at radius 2 is 1.96 bits per heavy atom. The highest BCUT2D eigenvalue weighted by atomic mass is 35.5. The molecule has 1 aromatic carbocycles. The minimum atomic E-state index is -0.449. The first kappa shape index (κ1) is 17.4. The molecule has 0 radical (unpaired) electrons. The molecule has 0 unspecified atom stereocenters. The van der Waals surface area contributed by atoms with Crippen molar-refractivity contribution in [3.63, 3.8) is 0 Å². The van der Waals surface area contributed by atoms with E-state index in [0.717, 1.165) is 0 Å². The standard InChI is InChI=1S/C16H17ClN4O4/c1-2-25-13-14(17)18-15(11-3-5-12(6-4-11)21(22)23)19-16(13)20-7-9-24-10-8-20/h3-6H,2,7-10H2,1H3. The molecule has 0 bridgehead atoms. The summed E-state index contributed by atoms with van der Waals surface area (Å²) in [5, 5.41) is 11.0. The molecule has 0 aliphatic carbocycles. The Hall–Kier alpha value is -2.45. The Balaban J connectivity index is 2.02. The third kappa shape index (κ3) is 3.80. The molecule has 25 heavy (non-hydrogen) atoms. The second kappa shape index (κ2) is 7.62. The van der Waals surface area contributed by atoms with Gasteiger partial charge < -0.3 is 14.4 Å². The summed E-state index contributed by atoms with van der Waals surface area (Å²) in [7, 11) is 0. The minimum Gasteiger partial charge on any atom is -0.487 e. The molecule has 132 valence electrons. The smallest absolute Gasteiger partial charge is 0.269 e. The molecule has 0 atom stereocenters. The summed E-state index contributed by atoms with van der Waals surface area (Å²) in [5.74, 6) is 1.44. The Labute approximate surface area is 149 Å². The van der Waals surface area contributed by atoms with Crippen LogP contribution in [0.2, 0.25) is 5.15 Å². The van der Waals surface area contributed by atoms with Crippen LogP contribution in [-0.2, 0) is 4.74 Å². The predicted octanol–water partition coefficient (Wildman–Crippen LogP) is 2.94. The molecule has 1 fully saturated rings. The quantitative estimate of drug-likeness (QED) is 0.457. The number of benzene rings is 1. The molecule has 2 heterocycles. The summed E-state index contributed by atoms with van der Waals surface area (Å²) in [4.78, 5) is 21.3. The third-order valence-corrected chi connectivity index (χ3v) is 4.00. The maximum atomic E-state index is 10.8. The zero-order valence-electron chi connectivity index (χ0n) is 13.6. The van der Waals surface area contributed by atoms with Gasteiger partial charge in [-0.1, -0.05) is 11.6 Å². The molecule has 8 nitrogen and oxygen atoms in total. The lowest BCUT2D eigenvalue weighted by atomic mass is 10.2. The van der Waals surface area contributed by atoms with E-state index in [2.05, 4.69) is 9.97 Å². The van der Waals surface area contributed by atoms with Gasteiger partial charge in [-0.3, -0.25) is 10.1 Å². The van der Waals surface area contributed by atoms with Gasteiger partial charge in [0, 0.05) is 30.8 Å². The molecule has 1 saturated heterocycles. The van der Waals surface area contributed by atoms with Gasteiger partial charge in [-0.05, 0) is 19.1 Å². The number of hydrogen-bond donors (Lipinski definition) is 0. The van der Waals surface area contributed by atoms with Gasteiger partial charge in [0.2, 0.25) is 0 Å². The highest BCUT2D eigenvalue weighted by molar-refractivity contribution is 6.31. The van der Waals surface area contributed by atoms with Crippen molar-refractivity contribution in [2.24, 2.45) is 0 Å². The Morgan fingerprint density at radius 1 is 1.28 bits per heavy atom. The van der Waals surface area contributed by atoms with Crippen molar-refractivity contribution in [3.8, 4) is 17.1 Å². The molecule has 1 aliphatic rings. The van der Waals surface area contributed by atoms with E-state index in [1.54, 1.807) is 12.1 Å². The lowest BCUT2D eigenvalue weighted by molar-refractivity contribution is -0.384. The number of nitro groups is 1. The van der Waals surface area contributed by atoms with Gasteiger partial charge in [0.25, 0.3) is 5.69 Å². The molecule has 1 aliphatic heterocycles. The van der Waals surface area contributed by atoms with Crippen LogP contribution in [0.4, 0.5) is 11.5 Å². The van der Waals surface area contributed by atoms with Crippen molar-refractivity contribution in [2.45, 2.75) is 6.92 Å². The fraction of sp³-hybridized carbons (Fsp3) is 0.375. The average molecular weight is 365 g/mol. The van der Waals surface area contributed by atoms with Crippen LogP contribution in [0.15, 0.2) is 24.3 Å². The summed E-state index contributed by atoms with van der Waals surface area (Å²) in [6, 6.07) is 6.04. The summed E-state index contributed by atoms with van der Waals surface area (Å²) < 4.78 is 11.0. The Kier molecular flexibility index (Phi) is 5.30. The normalized spacial score (nSPS) is 14.4. The summed E-state index contributed by atoms with van der Waals surface area (Å²) >= 11 is 6.32. The van der Waals surface area contributed by atoms with E-state index in [9.17, 15) is 10.1 Å². The summed E-state index contributed by atoms with van der Waals surface area (Å²) in [6.07, 6.45) is 0. The first-order chi connectivity index (χ1) is 12.1. The van der Waals surface area contributed by atoms with Crippen LogP contribution >= 0.6 is 11.6 Å². The molecule has 0 saturated carbocycles. The van der Waals surface area contributed by atoms with E-state index in [1.165, 1.54) is 12.1 Å². The zero-order valence-corrected chi connectivity index (χ0v) is 14.4. The number of ether oxygens (including phenoxy) is 2. The van der Waals surface area contributed by atoms with E-state index in [4.69, 9.17) is 21.1 Å². The molecule has 9 heteroatoms. The minimum absolute atomic E-state index is 0.00851. The predicted molar refractivity (Wildman–Crippen MR) is 93.3 cm³/mol. The second-order valence-electron chi connectivity index (χ2n) is 5.33. The van der Waals surface area contributed by atoms with E-state index in [-0.39, 0.29) is 10.8 Å². The van der Waals surface area contributed by atoms with Gasteiger partial charge in [-0.25, -0.2) is 9.97 Å². The number of morpholine rings is 1. The Morgan fingerprint density at radius 3 is 2.56 bits per heavy atom. The number of anilines is 1. The average Bonchev–Trinajstić information content (AvgIpc) is 2.64. The monoisotopic (exact) mass is 364 g/mol. The molecule has 0 amide bonds. The van der Waals surface area contributed by atoms with Crippen LogP contribution in [0.5, 0.6) is 5.75 Å². The fourth-order valence-corrected chi connectivity index (χ4v) is 2.75. The van der Waals surface area contributed by atoms with Crippen LogP contribution in [0, 0.1) is 10.1 Å². The van der Waals surface area contributed by atoms with Crippen LogP contribution in [0.25, 0.3) is 11.4 Å². The number of nitro benzene ring substituents is 1. The van der Waals surface area contributed by atoms with Crippen molar-refractivity contribution in [3.05, 3.63) is 39.5 Å². The molecule has 0 N–H and O–H groups in total. The van der Waals surface area contributed by atoms with Gasteiger partial charge in [0.1, 0.15) is 0 Å². The Bertz CT molecular complexity index is 763. The lowest BCUT2D eigenvalue weighted by Gasteiger charge is -2.29. The van der Waals surface area contributed by atoms with Crippen LogP contribution in [0.1, 0.15) is 6.92 Å². The van der Waals surface area contributed by atoms with Gasteiger partial charge in [-0.2, -0.15) is 0 Å². The van der Waals surface area contributed by atoms with E-state index >= 15 is 0 Å². The number of nitrogens with zero attached hydrogens (tertiary/aromatic N) is 4. The number of rotatable bonds is 5. The first-order valence-electron chi connectivity index (χ1n) is 7.88. The van der Waals surface area contributed by atoms with Gasteiger partial charge >= 0.3 is 0 Å². The van der Waals surface area contributed by atoms with Crippen molar-refractivity contribution >= 4 is 23.1 Å². The second-order valence-corrected chi connectivity index (χ2v) is 5.69. The van der Waals surface area contributed by atoms with Gasteiger partial charge in [0.15, 0.2) is 22.5 Å². The molecular weight excluding hydrogens is 348 g/mol. The highest BCUT2D eigenvalue weighted by Gasteiger charge is 2.22. The molecular formula is C16H17ClN4O4. The number of aromatic nitrogens is 2. The van der Waals surface area contributed by atoms with Gasteiger partial charge in [-0.15, -0.1) is 0 Å². The molecule has 3 rings (SSSR count).